The molecule has 7 heteroatoms. The van der Waals surface area contributed by atoms with Gasteiger partial charge in [-0.25, -0.2) is 13.2 Å². The van der Waals surface area contributed by atoms with Crippen LogP contribution in [0.25, 0.3) is 11.0 Å². The van der Waals surface area contributed by atoms with E-state index in [1.807, 2.05) is 13.8 Å². The zero-order valence-electron chi connectivity index (χ0n) is 12.8. The van der Waals surface area contributed by atoms with E-state index in [0.29, 0.717) is 17.1 Å². The van der Waals surface area contributed by atoms with E-state index in [1.54, 1.807) is 18.2 Å². The third-order valence-electron chi connectivity index (χ3n) is 3.75. The van der Waals surface area contributed by atoms with Crippen molar-refractivity contribution in [3.8, 4) is 0 Å². The minimum atomic E-state index is -3.98. The minimum absolute atomic E-state index is 0.0710. The molecule has 0 bridgehead atoms. The third-order valence-corrected chi connectivity index (χ3v) is 5.46. The minimum Gasteiger partial charge on any atom is -0.399 e. The number of anilines is 1. The van der Waals surface area contributed by atoms with E-state index < -0.39 is 15.7 Å². The van der Waals surface area contributed by atoms with Gasteiger partial charge in [-0.1, -0.05) is 26.0 Å². The van der Waals surface area contributed by atoms with E-state index >= 15 is 0 Å². The SMILES string of the molecule is CC(C)c1ccc(S(=O)(=O)n2c(=O)[nH]c3cc(N)ccc32)cc1. The summed E-state index contributed by atoms with van der Waals surface area (Å²) in [7, 11) is -3.98. The lowest BCUT2D eigenvalue weighted by atomic mass is 10.0. The number of aromatic nitrogens is 2. The number of nitrogens with one attached hydrogen (secondary N) is 1. The first-order chi connectivity index (χ1) is 10.8. The summed E-state index contributed by atoms with van der Waals surface area (Å²) in [4.78, 5) is 14.7. The summed E-state index contributed by atoms with van der Waals surface area (Å²) in [6.45, 7) is 4.05. The van der Waals surface area contributed by atoms with Crippen LogP contribution in [-0.4, -0.2) is 17.4 Å². The van der Waals surface area contributed by atoms with E-state index in [4.69, 9.17) is 5.73 Å². The highest BCUT2D eigenvalue weighted by molar-refractivity contribution is 7.90. The Hall–Kier alpha value is -2.54. The maximum absolute atomic E-state index is 12.8. The molecule has 3 rings (SSSR count). The summed E-state index contributed by atoms with van der Waals surface area (Å²) in [6, 6.07) is 11.2. The van der Waals surface area contributed by atoms with Crippen LogP contribution in [0, 0.1) is 0 Å². The molecule has 0 unspecified atom stereocenters. The highest BCUT2D eigenvalue weighted by atomic mass is 32.2. The van der Waals surface area contributed by atoms with Crippen molar-refractivity contribution >= 4 is 26.7 Å². The van der Waals surface area contributed by atoms with Gasteiger partial charge in [0, 0.05) is 5.69 Å². The number of rotatable bonds is 3. The first-order valence-corrected chi connectivity index (χ1v) is 8.60. The first kappa shape index (κ1) is 15.4. The standard InChI is InChI=1S/C16H17N3O3S/c1-10(2)11-3-6-13(7-4-11)23(21,22)19-15-8-5-12(17)9-14(15)18-16(19)20/h3-10H,17H2,1-2H3,(H,18,20). The first-order valence-electron chi connectivity index (χ1n) is 7.16. The molecule has 6 nitrogen and oxygen atoms in total. The lowest BCUT2D eigenvalue weighted by molar-refractivity contribution is 0.587. The number of fused-ring (bicyclic) bond motifs is 1. The molecule has 0 aliphatic carbocycles. The van der Waals surface area contributed by atoms with Gasteiger partial charge in [-0.3, -0.25) is 0 Å². The van der Waals surface area contributed by atoms with Crippen molar-refractivity contribution in [1.82, 2.24) is 8.96 Å². The summed E-state index contributed by atoms with van der Waals surface area (Å²) in [5.41, 5.74) is 7.10. The predicted octanol–water partition coefficient (Wildman–Crippen LogP) is 2.27. The second-order valence-corrected chi connectivity index (χ2v) is 7.49. The van der Waals surface area contributed by atoms with Crippen molar-refractivity contribution in [2.75, 3.05) is 5.73 Å². The van der Waals surface area contributed by atoms with Crippen LogP contribution in [0.4, 0.5) is 5.69 Å². The molecule has 23 heavy (non-hydrogen) atoms. The van der Waals surface area contributed by atoms with Crippen molar-refractivity contribution in [2.24, 2.45) is 0 Å². The molecule has 3 aromatic rings. The lowest BCUT2D eigenvalue weighted by Crippen LogP contribution is -2.25. The Kier molecular flexibility index (Phi) is 3.52. The van der Waals surface area contributed by atoms with Crippen molar-refractivity contribution in [3.05, 3.63) is 58.5 Å². The molecule has 2 aromatic carbocycles. The smallest absolute Gasteiger partial charge is 0.340 e. The van der Waals surface area contributed by atoms with Crippen LogP contribution in [0.5, 0.6) is 0 Å². The van der Waals surface area contributed by atoms with E-state index in [0.717, 1.165) is 9.54 Å². The van der Waals surface area contributed by atoms with Crippen LogP contribution < -0.4 is 11.4 Å². The van der Waals surface area contributed by atoms with Gasteiger partial charge in [0.1, 0.15) is 0 Å². The zero-order valence-corrected chi connectivity index (χ0v) is 13.6. The Balaban J connectivity index is 2.20. The fourth-order valence-corrected chi connectivity index (χ4v) is 3.85. The Labute approximate surface area is 133 Å². The van der Waals surface area contributed by atoms with Crippen molar-refractivity contribution in [1.29, 1.82) is 0 Å². The second kappa shape index (κ2) is 5.27. The van der Waals surface area contributed by atoms with Gasteiger partial charge < -0.3 is 10.7 Å². The summed E-state index contributed by atoms with van der Waals surface area (Å²) < 4.78 is 26.4. The van der Waals surface area contributed by atoms with Crippen LogP contribution in [0.1, 0.15) is 25.3 Å². The third kappa shape index (κ3) is 2.53. The number of hydrogen-bond acceptors (Lipinski definition) is 4. The molecule has 3 N–H and O–H groups in total. The van der Waals surface area contributed by atoms with Gasteiger partial charge in [-0.15, -0.1) is 0 Å². The molecular formula is C16H17N3O3S. The predicted molar refractivity (Wildman–Crippen MR) is 90.1 cm³/mol. The van der Waals surface area contributed by atoms with Crippen LogP contribution >= 0.6 is 0 Å². The largest absolute Gasteiger partial charge is 0.399 e. The maximum atomic E-state index is 12.8. The van der Waals surface area contributed by atoms with E-state index in [9.17, 15) is 13.2 Å². The van der Waals surface area contributed by atoms with E-state index in [2.05, 4.69) is 4.98 Å². The Morgan fingerprint density at radius 2 is 1.74 bits per heavy atom. The molecule has 0 radical (unpaired) electrons. The van der Waals surface area contributed by atoms with Crippen LogP contribution in [0.15, 0.2) is 52.2 Å². The van der Waals surface area contributed by atoms with Gasteiger partial charge in [-0.2, -0.15) is 3.97 Å². The zero-order chi connectivity index (χ0) is 16.8. The van der Waals surface area contributed by atoms with Crippen molar-refractivity contribution < 1.29 is 8.42 Å². The van der Waals surface area contributed by atoms with Crippen LogP contribution in [-0.2, 0) is 10.0 Å². The molecule has 0 fully saturated rings. The number of nitrogens with zero attached hydrogens (tertiary/aromatic N) is 1. The number of nitrogen functional groups attached to an aromatic ring is 1. The summed E-state index contributed by atoms with van der Waals surface area (Å²) in [6.07, 6.45) is 0. The molecular weight excluding hydrogens is 314 g/mol. The molecule has 0 atom stereocenters. The molecule has 120 valence electrons. The maximum Gasteiger partial charge on any atom is 0.340 e. The average Bonchev–Trinajstić information content (AvgIpc) is 2.82. The van der Waals surface area contributed by atoms with Gasteiger partial charge in [0.25, 0.3) is 10.0 Å². The van der Waals surface area contributed by atoms with Gasteiger partial charge in [0.05, 0.1) is 15.9 Å². The Morgan fingerprint density at radius 1 is 1.09 bits per heavy atom. The van der Waals surface area contributed by atoms with Gasteiger partial charge in [-0.05, 0) is 41.8 Å². The highest BCUT2D eigenvalue weighted by Crippen LogP contribution is 2.22. The van der Waals surface area contributed by atoms with Gasteiger partial charge in [0.15, 0.2) is 0 Å². The molecule has 0 spiro atoms. The summed E-state index contributed by atoms with van der Waals surface area (Å²) >= 11 is 0. The molecule has 0 saturated heterocycles. The van der Waals surface area contributed by atoms with E-state index in [-0.39, 0.29) is 10.4 Å². The lowest BCUT2D eigenvalue weighted by Gasteiger charge is -2.09. The summed E-state index contributed by atoms with van der Waals surface area (Å²) in [5.74, 6) is 0.297. The number of benzene rings is 2. The number of aromatic amines is 1. The molecule has 0 saturated carbocycles. The topological polar surface area (TPSA) is 98.0 Å². The Bertz CT molecular complexity index is 1030. The number of H-pyrrole nitrogens is 1. The molecule has 0 aliphatic heterocycles. The monoisotopic (exact) mass is 331 g/mol. The quantitative estimate of drug-likeness (QED) is 0.719. The average molecular weight is 331 g/mol. The van der Waals surface area contributed by atoms with Crippen molar-refractivity contribution in [3.63, 3.8) is 0 Å². The molecule has 1 aromatic heterocycles. The van der Waals surface area contributed by atoms with Gasteiger partial charge in [0.2, 0.25) is 0 Å². The molecule has 0 aliphatic rings. The fraction of sp³-hybridized carbons (Fsp3) is 0.188. The van der Waals surface area contributed by atoms with Crippen molar-refractivity contribution in [2.45, 2.75) is 24.7 Å². The normalized spacial score (nSPS) is 12.1. The highest BCUT2D eigenvalue weighted by Gasteiger charge is 2.22. The van der Waals surface area contributed by atoms with Gasteiger partial charge >= 0.3 is 5.69 Å². The van der Waals surface area contributed by atoms with Crippen LogP contribution in [0.2, 0.25) is 0 Å². The van der Waals surface area contributed by atoms with Crippen LogP contribution in [0.3, 0.4) is 0 Å². The number of nitrogens with two attached hydrogens (primary N) is 1. The Morgan fingerprint density at radius 3 is 2.35 bits per heavy atom. The second-order valence-electron chi connectivity index (χ2n) is 5.70. The number of imidazole rings is 1. The summed E-state index contributed by atoms with van der Waals surface area (Å²) in [5, 5.41) is 0. The fourth-order valence-electron chi connectivity index (χ4n) is 2.47. The van der Waals surface area contributed by atoms with E-state index in [1.165, 1.54) is 24.3 Å². The molecule has 1 heterocycles. The molecule has 0 amide bonds. The number of hydrogen-bond donors (Lipinski definition) is 2.